The molecule has 0 unspecified atom stereocenters. The molecule has 0 spiro atoms. The van der Waals surface area contributed by atoms with E-state index in [4.69, 9.17) is 4.74 Å². The minimum atomic E-state index is -0.0671. The van der Waals surface area contributed by atoms with Crippen molar-refractivity contribution in [3.8, 4) is 0 Å². The van der Waals surface area contributed by atoms with E-state index >= 15 is 0 Å². The van der Waals surface area contributed by atoms with Gasteiger partial charge in [-0.1, -0.05) is 0 Å². The molecule has 2 heterocycles. The first-order chi connectivity index (χ1) is 8.19. The molecule has 0 atom stereocenters. The second kappa shape index (κ2) is 5.31. The van der Waals surface area contributed by atoms with Crippen molar-refractivity contribution in [3.05, 3.63) is 18.0 Å². The summed E-state index contributed by atoms with van der Waals surface area (Å²) in [5.41, 5.74) is 1.09. The summed E-state index contributed by atoms with van der Waals surface area (Å²) in [4.78, 5) is 13.7. The average Bonchev–Trinajstić information content (AvgIpc) is 2.75. The van der Waals surface area contributed by atoms with E-state index in [0.717, 1.165) is 38.2 Å². The van der Waals surface area contributed by atoms with E-state index in [1.54, 1.807) is 0 Å². The van der Waals surface area contributed by atoms with E-state index in [0.29, 0.717) is 0 Å². The van der Waals surface area contributed by atoms with Crippen LogP contribution in [-0.4, -0.2) is 40.8 Å². The van der Waals surface area contributed by atoms with Crippen LogP contribution in [0, 0.1) is 5.92 Å². The molecule has 0 N–H and O–H groups in total. The molecule has 1 aromatic heterocycles. The minimum Gasteiger partial charge on any atom is -0.469 e. The van der Waals surface area contributed by atoms with E-state index in [2.05, 4.69) is 10.00 Å². The summed E-state index contributed by atoms with van der Waals surface area (Å²) in [6.45, 7) is 2.75. The lowest BCUT2D eigenvalue weighted by Crippen LogP contribution is -2.36. The maximum absolute atomic E-state index is 11.4. The number of piperidine rings is 1. The van der Waals surface area contributed by atoms with Crippen molar-refractivity contribution >= 4 is 5.97 Å². The van der Waals surface area contributed by atoms with Crippen LogP contribution in [0.4, 0.5) is 0 Å². The molecule has 2 rings (SSSR count). The van der Waals surface area contributed by atoms with Gasteiger partial charge >= 0.3 is 5.97 Å². The highest BCUT2D eigenvalue weighted by atomic mass is 16.5. The first-order valence-electron chi connectivity index (χ1n) is 5.97. The Morgan fingerprint density at radius 3 is 2.76 bits per heavy atom. The first kappa shape index (κ1) is 12.1. The lowest BCUT2D eigenvalue weighted by atomic mass is 9.97. The summed E-state index contributed by atoms with van der Waals surface area (Å²) in [7, 11) is 3.38. The molecule has 1 aliphatic heterocycles. The third-order valence-electron chi connectivity index (χ3n) is 3.28. The lowest BCUT2D eigenvalue weighted by Gasteiger charge is -2.29. The Kier molecular flexibility index (Phi) is 3.78. The number of carbonyl (C=O) groups excluding carboxylic acids is 1. The molecule has 5 nitrogen and oxygen atoms in total. The van der Waals surface area contributed by atoms with Gasteiger partial charge in [0.2, 0.25) is 0 Å². The molecule has 1 aliphatic rings. The van der Waals surface area contributed by atoms with Crippen LogP contribution in [0.15, 0.2) is 12.3 Å². The zero-order chi connectivity index (χ0) is 12.3. The maximum atomic E-state index is 11.4. The second-order valence-corrected chi connectivity index (χ2v) is 4.55. The molecule has 0 amide bonds. The summed E-state index contributed by atoms with van der Waals surface area (Å²) >= 11 is 0. The molecular formula is C12H19N3O2. The van der Waals surface area contributed by atoms with Gasteiger partial charge in [-0.25, -0.2) is 0 Å². The molecule has 1 fully saturated rings. The quantitative estimate of drug-likeness (QED) is 0.730. The lowest BCUT2D eigenvalue weighted by molar-refractivity contribution is -0.147. The van der Waals surface area contributed by atoms with Crippen LogP contribution < -0.4 is 0 Å². The Labute approximate surface area is 101 Å². The van der Waals surface area contributed by atoms with Crippen LogP contribution in [0.2, 0.25) is 0 Å². The van der Waals surface area contributed by atoms with Gasteiger partial charge in [-0.3, -0.25) is 14.4 Å². The standard InChI is InChI=1S/C12H19N3O2/c1-14-6-5-11(13-14)9-15-7-3-10(4-8-15)12(16)17-2/h5-6,10H,3-4,7-9H2,1-2H3. The van der Waals surface area contributed by atoms with Gasteiger partial charge in [0.25, 0.3) is 0 Å². The van der Waals surface area contributed by atoms with Crippen molar-refractivity contribution < 1.29 is 9.53 Å². The second-order valence-electron chi connectivity index (χ2n) is 4.55. The molecular weight excluding hydrogens is 218 g/mol. The summed E-state index contributed by atoms with van der Waals surface area (Å²) in [5, 5.41) is 4.36. The fraction of sp³-hybridized carbons (Fsp3) is 0.667. The average molecular weight is 237 g/mol. The number of hydrogen-bond donors (Lipinski definition) is 0. The van der Waals surface area contributed by atoms with Crippen molar-refractivity contribution in [3.63, 3.8) is 0 Å². The number of likely N-dealkylation sites (tertiary alicyclic amines) is 1. The van der Waals surface area contributed by atoms with Gasteiger partial charge in [-0.05, 0) is 32.0 Å². The summed E-state index contributed by atoms with van der Waals surface area (Å²) < 4.78 is 6.59. The van der Waals surface area contributed by atoms with E-state index in [9.17, 15) is 4.79 Å². The minimum absolute atomic E-state index is 0.0671. The molecule has 0 saturated carbocycles. The fourth-order valence-electron chi connectivity index (χ4n) is 2.27. The Bertz CT molecular complexity index is 381. The van der Waals surface area contributed by atoms with E-state index < -0.39 is 0 Å². The molecule has 0 aliphatic carbocycles. The van der Waals surface area contributed by atoms with E-state index in [-0.39, 0.29) is 11.9 Å². The highest BCUT2D eigenvalue weighted by Crippen LogP contribution is 2.19. The number of carbonyl (C=O) groups is 1. The van der Waals surface area contributed by atoms with E-state index in [1.807, 2.05) is 24.0 Å². The molecule has 0 bridgehead atoms. The van der Waals surface area contributed by atoms with Crippen molar-refractivity contribution in [1.29, 1.82) is 0 Å². The topological polar surface area (TPSA) is 47.4 Å². The molecule has 1 saturated heterocycles. The van der Waals surface area contributed by atoms with Gasteiger partial charge in [0, 0.05) is 19.8 Å². The van der Waals surface area contributed by atoms with Gasteiger partial charge in [0.05, 0.1) is 18.7 Å². The predicted molar refractivity (Wildman–Crippen MR) is 63.2 cm³/mol. The molecule has 17 heavy (non-hydrogen) atoms. The van der Waals surface area contributed by atoms with Crippen LogP contribution >= 0.6 is 0 Å². The van der Waals surface area contributed by atoms with E-state index in [1.165, 1.54) is 7.11 Å². The van der Waals surface area contributed by atoms with Crippen LogP contribution in [0.5, 0.6) is 0 Å². The van der Waals surface area contributed by atoms with Crippen LogP contribution in [0.1, 0.15) is 18.5 Å². The number of nitrogens with zero attached hydrogens (tertiary/aromatic N) is 3. The van der Waals surface area contributed by atoms with Gasteiger partial charge < -0.3 is 4.74 Å². The Morgan fingerprint density at radius 2 is 2.24 bits per heavy atom. The summed E-state index contributed by atoms with van der Waals surface area (Å²) in [5.74, 6) is 0.0162. The third kappa shape index (κ3) is 3.06. The molecule has 1 aromatic rings. The first-order valence-corrected chi connectivity index (χ1v) is 5.97. The number of hydrogen-bond acceptors (Lipinski definition) is 4. The van der Waals surface area contributed by atoms with Crippen LogP contribution in [-0.2, 0) is 23.1 Å². The molecule has 0 aromatic carbocycles. The number of ether oxygens (including phenoxy) is 1. The Balaban J connectivity index is 1.81. The third-order valence-corrected chi connectivity index (χ3v) is 3.28. The van der Waals surface area contributed by atoms with Crippen molar-refractivity contribution in [2.75, 3.05) is 20.2 Å². The predicted octanol–water partition coefficient (Wildman–Crippen LogP) is 0.805. The van der Waals surface area contributed by atoms with Gasteiger partial charge in [-0.15, -0.1) is 0 Å². The van der Waals surface area contributed by atoms with Crippen LogP contribution in [0.3, 0.4) is 0 Å². The normalized spacial score (nSPS) is 18.2. The summed E-state index contributed by atoms with van der Waals surface area (Å²) in [6.07, 6.45) is 3.73. The molecule has 5 heteroatoms. The number of esters is 1. The van der Waals surface area contributed by atoms with Crippen LogP contribution in [0.25, 0.3) is 0 Å². The smallest absolute Gasteiger partial charge is 0.308 e. The highest BCUT2D eigenvalue weighted by Gasteiger charge is 2.25. The van der Waals surface area contributed by atoms with Crippen molar-refractivity contribution in [2.24, 2.45) is 13.0 Å². The largest absolute Gasteiger partial charge is 0.469 e. The zero-order valence-corrected chi connectivity index (χ0v) is 10.4. The molecule has 94 valence electrons. The number of rotatable bonds is 3. The zero-order valence-electron chi connectivity index (χ0n) is 10.4. The number of methoxy groups -OCH3 is 1. The maximum Gasteiger partial charge on any atom is 0.308 e. The number of aromatic nitrogens is 2. The van der Waals surface area contributed by atoms with Gasteiger partial charge in [0.15, 0.2) is 0 Å². The fourth-order valence-corrected chi connectivity index (χ4v) is 2.27. The highest BCUT2D eigenvalue weighted by molar-refractivity contribution is 5.72. The van der Waals surface area contributed by atoms with Crippen molar-refractivity contribution in [2.45, 2.75) is 19.4 Å². The number of aryl methyl sites for hydroxylation is 1. The molecule has 0 radical (unpaired) electrons. The SMILES string of the molecule is COC(=O)C1CCN(Cc2ccn(C)n2)CC1. The monoisotopic (exact) mass is 237 g/mol. The summed E-state index contributed by atoms with van der Waals surface area (Å²) in [6, 6.07) is 2.03. The Hall–Kier alpha value is -1.36. The van der Waals surface area contributed by atoms with Gasteiger partial charge in [0.1, 0.15) is 0 Å². The Morgan fingerprint density at radius 1 is 1.53 bits per heavy atom. The van der Waals surface area contributed by atoms with Crippen molar-refractivity contribution in [1.82, 2.24) is 14.7 Å². The van der Waals surface area contributed by atoms with Gasteiger partial charge in [-0.2, -0.15) is 5.10 Å².